The van der Waals surface area contributed by atoms with Gasteiger partial charge in [-0.25, -0.2) is 13.1 Å². The average Bonchev–Trinajstić information content (AvgIpc) is 2.54. The van der Waals surface area contributed by atoms with Gasteiger partial charge in [0.1, 0.15) is 0 Å². The quantitative estimate of drug-likeness (QED) is 0.545. The number of halogens is 1. The summed E-state index contributed by atoms with van der Waals surface area (Å²) >= 11 is 0. The van der Waals surface area contributed by atoms with Crippen molar-refractivity contribution in [2.75, 3.05) is 26.8 Å². The van der Waals surface area contributed by atoms with Gasteiger partial charge in [-0.05, 0) is 31.0 Å². The van der Waals surface area contributed by atoms with Crippen LogP contribution < -0.4 is 15.8 Å². The zero-order chi connectivity index (χ0) is 18.4. The van der Waals surface area contributed by atoms with Gasteiger partial charge in [0.05, 0.1) is 17.0 Å². The third-order valence-corrected chi connectivity index (χ3v) is 5.56. The molecule has 0 spiro atoms. The zero-order valence-electron chi connectivity index (χ0n) is 15.0. The summed E-state index contributed by atoms with van der Waals surface area (Å²) in [5, 5.41) is 2.89. The van der Waals surface area contributed by atoms with Crippen LogP contribution in [0, 0.1) is 5.92 Å². The van der Waals surface area contributed by atoms with Crippen LogP contribution in [0.1, 0.15) is 31.1 Å². The average molecular weight is 394 g/mol. The summed E-state index contributed by atoms with van der Waals surface area (Å²) < 4.78 is 31.7. The van der Waals surface area contributed by atoms with Crippen LogP contribution in [-0.4, -0.2) is 46.7 Å². The molecule has 9 heteroatoms. The van der Waals surface area contributed by atoms with Crippen LogP contribution in [0.5, 0.6) is 0 Å². The van der Waals surface area contributed by atoms with Gasteiger partial charge in [0, 0.05) is 25.8 Å². The molecule has 0 saturated carbocycles. The van der Waals surface area contributed by atoms with Crippen LogP contribution in [0.2, 0.25) is 0 Å². The Morgan fingerprint density at radius 1 is 1.36 bits per heavy atom. The first-order valence-corrected chi connectivity index (χ1v) is 9.26. The van der Waals surface area contributed by atoms with Crippen LogP contribution in [0.25, 0.3) is 0 Å². The number of carbonyl (C=O) groups is 1. The van der Waals surface area contributed by atoms with E-state index in [0.29, 0.717) is 0 Å². The highest BCUT2D eigenvalue weighted by Gasteiger charge is 2.29. The van der Waals surface area contributed by atoms with Crippen molar-refractivity contribution in [1.82, 2.24) is 10.0 Å². The first-order valence-electron chi connectivity index (χ1n) is 7.77. The number of nitrogens with two attached hydrogens (primary N) is 1. The summed E-state index contributed by atoms with van der Waals surface area (Å²) in [4.78, 5) is 12.5. The van der Waals surface area contributed by atoms with Crippen molar-refractivity contribution >= 4 is 28.3 Å². The van der Waals surface area contributed by atoms with E-state index >= 15 is 0 Å². The molecule has 0 aliphatic carbocycles. The molecule has 1 amide bonds. The number of hydrogen-bond donors (Lipinski definition) is 3. The number of methoxy groups -OCH3 is 1. The first kappa shape index (κ1) is 23.8. The van der Waals surface area contributed by atoms with Crippen LogP contribution in [0.3, 0.4) is 0 Å². The molecule has 0 bridgehead atoms. The third kappa shape index (κ3) is 6.56. The minimum atomic E-state index is -3.69. The molecule has 0 fully saturated rings. The highest BCUT2D eigenvalue weighted by molar-refractivity contribution is 7.89. The largest absolute Gasteiger partial charge is 0.383 e. The Hall–Kier alpha value is -1.19. The van der Waals surface area contributed by atoms with Crippen LogP contribution in [-0.2, 0) is 14.8 Å². The molecule has 0 heterocycles. The molecule has 1 unspecified atom stereocenters. The van der Waals surface area contributed by atoms with E-state index in [9.17, 15) is 13.2 Å². The number of benzene rings is 1. The predicted octanol–water partition coefficient (Wildman–Crippen LogP) is 1.14. The molecule has 144 valence electrons. The number of rotatable bonds is 9. The van der Waals surface area contributed by atoms with Gasteiger partial charge in [-0.3, -0.25) is 4.79 Å². The lowest BCUT2D eigenvalue weighted by molar-refractivity contribution is 0.0883. The fourth-order valence-corrected chi connectivity index (χ4v) is 2.99. The summed E-state index contributed by atoms with van der Waals surface area (Å²) in [5.41, 5.74) is 5.47. The fraction of sp³-hybridized carbons (Fsp3) is 0.562. The lowest BCUT2D eigenvalue weighted by Crippen LogP contribution is -2.55. The van der Waals surface area contributed by atoms with Crippen molar-refractivity contribution in [3.8, 4) is 0 Å². The molecule has 0 saturated heterocycles. The van der Waals surface area contributed by atoms with E-state index in [-0.39, 0.29) is 54.4 Å². The van der Waals surface area contributed by atoms with Gasteiger partial charge in [0.15, 0.2) is 0 Å². The van der Waals surface area contributed by atoms with Crippen LogP contribution in [0.15, 0.2) is 29.2 Å². The monoisotopic (exact) mass is 393 g/mol. The normalized spacial score (nSPS) is 13.8. The van der Waals surface area contributed by atoms with Gasteiger partial charge in [-0.15, -0.1) is 12.4 Å². The Morgan fingerprint density at radius 3 is 2.52 bits per heavy atom. The molecule has 1 aromatic rings. The summed E-state index contributed by atoms with van der Waals surface area (Å²) in [6.45, 7) is 6.51. The second kappa shape index (κ2) is 10.1. The molecule has 0 aliphatic rings. The first-order chi connectivity index (χ1) is 11.2. The Balaban J connectivity index is 0.00000576. The van der Waals surface area contributed by atoms with Crippen molar-refractivity contribution in [1.29, 1.82) is 0 Å². The molecular formula is C16H28ClN3O4S. The Kier molecular flexibility index (Phi) is 9.60. The van der Waals surface area contributed by atoms with E-state index in [4.69, 9.17) is 10.5 Å². The maximum absolute atomic E-state index is 12.5. The van der Waals surface area contributed by atoms with Crippen molar-refractivity contribution in [2.24, 2.45) is 11.7 Å². The number of nitrogens with one attached hydrogen (secondary N) is 2. The zero-order valence-corrected chi connectivity index (χ0v) is 16.7. The smallest absolute Gasteiger partial charge is 0.251 e. The van der Waals surface area contributed by atoms with Gasteiger partial charge in [0.25, 0.3) is 5.91 Å². The van der Waals surface area contributed by atoms with Crippen LogP contribution in [0.4, 0.5) is 0 Å². The van der Waals surface area contributed by atoms with Crippen molar-refractivity contribution in [3.05, 3.63) is 29.8 Å². The maximum atomic E-state index is 12.5. The molecule has 0 aliphatic heterocycles. The SMILES string of the molecule is COCCNS(=O)(=O)c1cccc(C(=O)NC(C)(CN)C(C)C)c1.Cl. The number of amides is 1. The standard InChI is InChI=1S/C16H27N3O4S.ClH/c1-12(2)16(3,11-17)19-15(20)13-6-5-7-14(10-13)24(21,22)18-8-9-23-4;/h5-7,10,12,18H,8-9,11,17H2,1-4H3,(H,19,20);1H. The second-order valence-corrected chi connectivity index (χ2v) is 7.92. The third-order valence-electron chi connectivity index (χ3n) is 4.10. The van der Waals surface area contributed by atoms with E-state index in [1.54, 1.807) is 6.07 Å². The molecule has 7 nitrogen and oxygen atoms in total. The molecule has 4 N–H and O–H groups in total. The summed E-state index contributed by atoms with van der Waals surface area (Å²) in [7, 11) is -2.20. The van der Waals surface area contributed by atoms with Gasteiger partial charge in [-0.1, -0.05) is 19.9 Å². The Bertz CT molecular complexity index is 667. The summed E-state index contributed by atoms with van der Waals surface area (Å²) in [6.07, 6.45) is 0. The molecule has 1 atom stereocenters. The van der Waals surface area contributed by atoms with Gasteiger partial charge >= 0.3 is 0 Å². The van der Waals surface area contributed by atoms with Crippen molar-refractivity contribution in [3.63, 3.8) is 0 Å². The Morgan fingerprint density at radius 2 is 2.00 bits per heavy atom. The second-order valence-electron chi connectivity index (χ2n) is 6.15. The van der Waals surface area contributed by atoms with Gasteiger partial charge in [0.2, 0.25) is 10.0 Å². The fourth-order valence-electron chi connectivity index (χ4n) is 1.93. The number of carbonyl (C=O) groups excluding carboxylic acids is 1. The molecule has 0 radical (unpaired) electrons. The maximum Gasteiger partial charge on any atom is 0.251 e. The lowest BCUT2D eigenvalue weighted by atomic mass is 9.88. The molecule has 1 aromatic carbocycles. The van der Waals surface area contributed by atoms with E-state index in [1.807, 2.05) is 20.8 Å². The van der Waals surface area contributed by atoms with Gasteiger partial charge in [-0.2, -0.15) is 0 Å². The van der Waals surface area contributed by atoms with E-state index < -0.39 is 15.6 Å². The van der Waals surface area contributed by atoms with Crippen molar-refractivity contribution < 1.29 is 17.9 Å². The summed E-state index contributed by atoms with van der Waals surface area (Å²) in [5.74, 6) is -0.223. The van der Waals surface area contributed by atoms with Crippen LogP contribution >= 0.6 is 12.4 Å². The summed E-state index contributed by atoms with van der Waals surface area (Å²) in [6, 6.07) is 5.90. The minimum Gasteiger partial charge on any atom is -0.383 e. The minimum absolute atomic E-state index is 0. The Labute approximate surface area is 156 Å². The highest BCUT2D eigenvalue weighted by Crippen LogP contribution is 2.17. The predicted molar refractivity (Wildman–Crippen MR) is 101 cm³/mol. The number of ether oxygens (including phenoxy) is 1. The highest BCUT2D eigenvalue weighted by atomic mass is 35.5. The lowest BCUT2D eigenvalue weighted by Gasteiger charge is -2.33. The molecule has 25 heavy (non-hydrogen) atoms. The topological polar surface area (TPSA) is 111 Å². The van der Waals surface area contributed by atoms with E-state index in [2.05, 4.69) is 10.0 Å². The number of sulfonamides is 1. The van der Waals surface area contributed by atoms with Crippen molar-refractivity contribution in [2.45, 2.75) is 31.2 Å². The van der Waals surface area contributed by atoms with E-state index in [1.165, 1.54) is 25.3 Å². The molecular weight excluding hydrogens is 366 g/mol. The van der Waals surface area contributed by atoms with Gasteiger partial charge < -0.3 is 15.8 Å². The molecule has 1 rings (SSSR count). The molecule has 0 aromatic heterocycles. The number of hydrogen-bond acceptors (Lipinski definition) is 5. The van der Waals surface area contributed by atoms with E-state index in [0.717, 1.165) is 0 Å².